The Labute approximate surface area is 245 Å². The van der Waals surface area contributed by atoms with Crippen molar-refractivity contribution in [2.45, 2.75) is 25.7 Å². The zero-order chi connectivity index (χ0) is 27.3. The Bertz CT molecular complexity index is 1230. The molecule has 0 atom stereocenters. The highest BCUT2D eigenvalue weighted by molar-refractivity contribution is 14.1. The Kier molecular flexibility index (Phi) is 11.4. The van der Waals surface area contributed by atoms with Crippen LogP contribution in [0.1, 0.15) is 40.7 Å². The predicted octanol–water partition coefficient (Wildman–Crippen LogP) is 6.33. The van der Waals surface area contributed by atoms with E-state index in [-0.39, 0.29) is 11.8 Å². The van der Waals surface area contributed by atoms with Crippen LogP contribution >= 0.6 is 22.6 Å². The van der Waals surface area contributed by atoms with Crippen molar-refractivity contribution in [2.75, 3.05) is 41.1 Å². The summed E-state index contributed by atoms with van der Waals surface area (Å²) in [6, 6.07) is 26.0. The van der Waals surface area contributed by atoms with Crippen molar-refractivity contribution in [1.29, 1.82) is 0 Å². The molecule has 7 heteroatoms. The molecule has 0 radical (unpaired) electrons. The monoisotopic (exact) mass is 637 g/mol. The maximum atomic E-state index is 13.3. The van der Waals surface area contributed by atoms with Crippen molar-refractivity contribution in [3.05, 3.63) is 102 Å². The predicted molar refractivity (Wildman–Crippen MR) is 167 cm³/mol. The zero-order valence-corrected chi connectivity index (χ0v) is 24.3. The van der Waals surface area contributed by atoms with Gasteiger partial charge in [0.2, 0.25) is 5.91 Å². The van der Waals surface area contributed by atoms with Gasteiger partial charge >= 0.3 is 0 Å². The molecule has 0 spiro atoms. The van der Waals surface area contributed by atoms with Crippen molar-refractivity contribution in [3.8, 4) is 0 Å². The number of hydrogen-bond acceptors (Lipinski definition) is 4. The number of amides is 2. The van der Waals surface area contributed by atoms with Crippen molar-refractivity contribution < 1.29 is 14.3 Å². The van der Waals surface area contributed by atoms with Crippen LogP contribution in [0.25, 0.3) is 6.08 Å². The number of benzene rings is 3. The fourth-order valence-electron chi connectivity index (χ4n) is 4.84. The lowest BCUT2D eigenvalue weighted by Gasteiger charge is -2.35. The Hall–Kier alpha value is -3.17. The number of piperidine rings is 1. The average molecular weight is 638 g/mol. The van der Waals surface area contributed by atoms with Gasteiger partial charge < -0.3 is 20.3 Å². The number of ether oxygens (including phenoxy) is 1. The number of nitrogens with one attached hydrogen (secondary N) is 2. The Morgan fingerprint density at radius 3 is 2.41 bits per heavy atom. The van der Waals surface area contributed by atoms with E-state index in [0.717, 1.165) is 50.0 Å². The zero-order valence-electron chi connectivity index (χ0n) is 22.2. The SMILES string of the molecule is O=C(/C=C/c1ccccc1)Nc1ccc(N2CCC(Cc3ccccc3)CC2)c(C(=O)NCCCOCI)c1. The normalized spacial score (nSPS) is 13.9. The standard InChI is InChI=1S/C32H36IN3O3/c33-24-39-21-7-18-34-32(38)29-23-28(35-31(37)15-12-25-8-3-1-4-9-25)13-14-30(29)36-19-16-27(17-20-36)22-26-10-5-2-6-11-26/h1-6,8-15,23,27H,7,16-22,24H2,(H,34,38)(H,35,37)/b15-12+. The van der Waals surface area contributed by atoms with Crippen LogP contribution in [-0.4, -0.2) is 42.7 Å². The molecule has 2 N–H and O–H groups in total. The molecule has 3 aromatic carbocycles. The maximum Gasteiger partial charge on any atom is 0.253 e. The van der Waals surface area contributed by atoms with Gasteiger partial charge in [0, 0.05) is 43.7 Å². The fourth-order valence-corrected chi connectivity index (χ4v) is 5.15. The highest BCUT2D eigenvalue weighted by atomic mass is 127. The highest BCUT2D eigenvalue weighted by Crippen LogP contribution is 2.30. The minimum Gasteiger partial charge on any atom is -0.371 e. The summed E-state index contributed by atoms with van der Waals surface area (Å²) in [7, 11) is 0. The fraction of sp³-hybridized carbons (Fsp3) is 0.312. The van der Waals surface area contributed by atoms with Crippen LogP contribution in [0, 0.1) is 5.92 Å². The molecule has 6 nitrogen and oxygen atoms in total. The molecule has 1 aliphatic rings. The van der Waals surface area contributed by atoms with E-state index in [2.05, 4.69) is 68.5 Å². The molecule has 204 valence electrons. The van der Waals surface area contributed by atoms with Gasteiger partial charge in [0.25, 0.3) is 5.91 Å². The van der Waals surface area contributed by atoms with Gasteiger partial charge in [0.1, 0.15) is 0 Å². The summed E-state index contributed by atoms with van der Waals surface area (Å²) in [6.07, 6.45) is 7.26. The number of halogens is 1. The smallest absolute Gasteiger partial charge is 0.253 e. The lowest BCUT2D eigenvalue weighted by molar-refractivity contribution is -0.111. The highest BCUT2D eigenvalue weighted by Gasteiger charge is 2.23. The third-order valence-corrected chi connectivity index (χ3v) is 7.33. The van der Waals surface area contributed by atoms with Gasteiger partial charge in [-0.05, 0) is 67.0 Å². The van der Waals surface area contributed by atoms with E-state index in [1.54, 1.807) is 12.1 Å². The van der Waals surface area contributed by atoms with E-state index in [1.807, 2.05) is 42.5 Å². The molecule has 1 fully saturated rings. The largest absolute Gasteiger partial charge is 0.371 e. The summed E-state index contributed by atoms with van der Waals surface area (Å²) < 4.78 is 6.02. The minimum atomic E-state index is -0.240. The molecule has 0 aliphatic carbocycles. The summed E-state index contributed by atoms with van der Waals surface area (Å²) in [6.45, 7) is 2.93. The van der Waals surface area contributed by atoms with Gasteiger partial charge in [-0.25, -0.2) is 0 Å². The Morgan fingerprint density at radius 2 is 1.69 bits per heavy atom. The van der Waals surface area contributed by atoms with E-state index < -0.39 is 0 Å². The minimum absolute atomic E-state index is 0.137. The lowest BCUT2D eigenvalue weighted by Crippen LogP contribution is -2.36. The number of alkyl halides is 1. The van der Waals surface area contributed by atoms with Crippen LogP contribution in [0.3, 0.4) is 0 Å². The summed E-state index contributed by atoms with van der Waals surface area (Å²) in [5, 5.41) is 5.94. The first kappa shape index (κ1) is 28.8. The van der Waals surface area contributed by atoms with Gasteiger partial charge in [-0.15, -0.1) is 0 Å². The average Bonchev–Trinajstić information content (AvgIpc) is 2.97. The van der Waals surface area contributed by atoms with Crippen LogP contribution in [0.2, 0.25) is 0 Å². The summed E-state index contributed by atoms with van der Waals surface area (Å²) in [5.74, 6) is 0.256. The van der Waals surface area contributed by atoms with Gasteiger partial charge in [-0.1, -0.05) is 83.3 Å². The second kappa shape index (κ2) is 15.4. The van der Waals surface area contributed by atoms with Crippen molar-refractivity contribution in [3.63, 3.8) is 0 Å². The van der Waals surface area contributed by atoms with Gasteiger partial charge in [0.05, 0.1) is 10.2 Å². The summed E-state index contributed by atoms with van der Waals surface area (Å²) in [5.41, 5.74) is 4.41. The topological polar surface area (TPSA) is 70.7 Å². The molecule has 3 aromatic rings. The first-order valence-electron chi connectivity index (χ1n) is 13.5. The first-order chi connectivity index (χ1) is 19.1. The van der Waals surface area contributed by atoms with Crippen LogP contribution in [0.5, 0.6) is 0 Å². The molecule has 0 aromatic heterocycles. The van der Waals surface area contributed by atoms with Crippen LogP contribution in [0.15, 0.2) is 84.9 Å². The molecule has 0 bridgehead atoms. The van der Waals surface area contributed by atoms with Crippen LogP contribution < -0.4 is 15.5 Å². The molecule has 1 saturated heterocycles. The number of hydrogen-bond donors (Lipinski definition) is 2. The molecule has 39 heavy (non-hydrogen) atoms. The molecule has 1 aliphatic heterocycles. The lowest BCUT2D eigenvalue weighted by atomic mass is 9.89. The summed E-state index contributed by atoms with van der Waals surface area (Å²) in [4.78, 5) is 28.2. The van der Waals surface area contributed by atoms with Crippen LogP contribution in [0.4, 0.5) is 11.4 Å². The van der Waals surface area contributed by atoms with Crippen molar-refractivity contribution >= 4 is 51.9 Å². The number of carbonyl (C=O) groups excluding carboxylic acids is 2. The van der Waals surface area contributed by atoms with E-state index in [9.17, 15) is 9.59 Å². The molecule has 1 heterocycles. The van der Waals surface area contributed by atoms with Crippen molar-refractivity contribution in [1.82, 2.24) is 5.32 Å². The number of carbonyl (C=O) groups is 2. The molecular formula is C32H36IN3O3. The Morgan fingerprint density at radius 1 is 0.974 bits per heavy atom. The van der Waals surface area contributed by atoms with Gasteiger partial charge in [-0.2, -0.15) is 0 Å². The number of rotatable bonds is 12. The van der Waals surface area contributed by atoms with Gasteiger partial charge in [-0.3, -0.25) is 9.59 Å². The second-order valence-electron chi connectivity index (χ2n) is 9.71. The molecule has 0 saturated carbocycles. The second-order valence-corrected chi connectivity index (χ2v) is 10.3. The van der Waals surface area contributed by atoms with E-state index in [1.165, 1.54) is 11.6 Å². The number of anilines is 2. The van der Waals surface area contributed by atoms with E-state index in [4.69, 9.17) is 4.74 Å². The van der Waals surface area contributed by atoms with Crippen molar-refractivity contribution in [2.24, 2.45) is 5.92 Å². The van der Waals surface area contributed by atoms with Crippen LogP contribution in [-0.2, 0) is 16.0 Å². The van der Waals surface area contributed by atoms with E-state index >= 15 is 0 Å². The maximum absolute atomic E-state index is 13.3. The number of nitrogens with zero attached hydrogens (tertiary/aromatic N) is 1. The third kappa shape index (κ3) is 9.21. The molecular weight excluding hydrogens is 601 g/mol. The quantitative estimate of drug-likeness (QED) is 0.106. The molecule has 4 rings (SSSR count). The van der Waals surface area contributed by atoms with Gasteiger partial charge in [0.15, 0.2) is 0 Å². The van der Waals surface area contributed by atoms with E-state index in [0.29, 0.717) is 34.9 Å². The molecule has 0 unspecified atom stereocenters. The summed E-state index contributed by atoms with van der Waals surface area (Å²) >= 11 is 2.17. The first-order valence-corrected chi connectivity index (χ1v) is 15.0. The third-order valence-electron chi connectivity index (χ3n) is 6.89. The Balaban J connectivity index is 1.43. The molecule has 2 amide bonds.